The van der Waals surface area contributed by atoms with Crippen LogP contribution in [0, 0.1) is 5.92 Å². The van der Waals surface area contributed by atoms with Crippen molar-refractivity contribution in [2.24, 2.45) is 5.92 Å². The lowest BCUT2D eigenvalue weighted by atomic mass is 9.81. The smallest absolute Gasteiger partial charge is 0.00555 e. The Morgan fingerprint density at radius 1 is 0.583 bits per heavy atom. The van der Waals surface area contributed by atoms with Crippen LogP contribution in [-0.2, 0) is 0 Å². The summed E-state index contributed by atoms with van der Waals surface area (Å²) < 4.78 is 0. The fraction of sp³-hybridized carbons (Fsp3) is 0.667. The van der Waals surface area contributed by atoms with Crippen LogP contribution in [0.25, 0.3) is 6.08 Å². The van der Waals surface area contributed by atoms with Crippen molar-refractivity contribution in [1.29, 1.82) is 0 Å². The highest BCUT2D eigenvalue weighted by Gasteiger charge is 2.25. The van der Waals surface area contributed by atoms with Gasteiger partial charge in [-0.15, -0.1) is 0 Å². The predicted molar refractivity (Wildman–Crippen MR) is 106 cm³/mol. The fourth-order valence-corrected chi connectivity index (χ4v) is 4.77. The molecular formula is C24H36. The van der Waals surface area contributed by atoms with Crippen molar-refractivity contribution in [2.45, 2.75) is 95.8 Å². The number of hydrogen-bond donors (Lipinski definition) is 0. The normalized spacial score (nSPS) is 24.9. The first-order valence-corrected chi connectivity index (χ1v) is 10.7. The van der Waals surface area contributed by atoms with Crippen LogP contribution in [0.5, 0.6) is 0 Å². The molecule has 2 aliphatic rings. The van der Waals surface area contributed by atoms with Gasteiger partial charge in [-0.05, 0) is 29.9 Å². The molecule has 0 heterocycles. The first-order valence-electron chi connectivity index (χ1n) is 10.7. The molecule has 0 nitrogen and oxygen atoms in total. The Bertz CT molecular complexity index is 483. The molecule has 132 valence electrons. The lowest BCUT2D eigenvalue weighted by Crippen LogP contribution is -2.10. The number of hydrogen-bond acceptors (Lipinski definition) is 0. The summed E-state index contributed by atoms with van der Waals surface area (Å²) in [6.07, 6.45) is 25.3. The standard InChI is InChI=1S/C24H36/c1-2-4-6-8-10-12-16-21(15-11-9-7-5-3-1)24-20-19-22-17-13-14-18-23(22)24/h13-14,17-21,24H,1-12,15-16H2. The van der Waals surface area contributed by atoms with Crippen LogP contribution in [0.3, 0.4) is 0 Å². The number of allylic oxidation sites excluding steroid dienone is 1. The molecule has 0 saturated heterocycles. The molecule has 1 fully saturated rings. The summed E-state index contributed by atoms with van der Waals surface area (Å²) >= 11 is 0. The summed E-state index contributed by atoms with van der Waals surface area (Å²) in [5, 5.41) is 0. The van der Waals surface area contributed by atoms with Gasteiger partial charge in [0.05, 0.1) is 0 Å². The van der Waals surface area contributed by atoms with Gasteiger partial charge in [-0.1, -0.05) is 113 Å². The van der Waals surface area contributed by atoms with Crippen LogP contribution in [0.2, 0.25) is 0 Å². The quantitative estimate of drug-likeness (QED) is 0.492. The molecule has 1 atom stereocenters. The van der Waals surface area contributed by atoms with Gasteiger partial charge < -0.3 is 0 Å². The first-order chi connectivity index (χ1) is 11.9. The van der Waals surface area contributed by atoms with Crippen molar-refractivity contribution in [3.05, 3.63) is 41.5 Å². The fourth-order valence-electron chi connectivity index (χ4n) is 4.77. The largest absolute Gasteiger partial charge is 0.0761 e. The van der Waals surface area contributed by atoms with E-state index in [0.717, 1.165) is 5.92 Å². The SMILES string of the molecule is C1=CC(C2CCCCCCCCCCCCCC2)c2ccccc21. The van der Waals surface area contributed by atoms with E-state index in [1.54, 1.807) is 5.56 Å². The lowest BCUT2D eigenvalue weighted by molar-refractivity contribution is 0.376. The molecule has 0 bridgehead atoms. The van der Waals surface area contributed by atoms with Gasteiger partial charge in [0.2, 0.25) is 0 Å². The molecule has 0 heteroatoms. The Morgan fingerprint density at radius 3 is 1.67 bits per heavy atom. The van der Waals surface area contributed by atoms with Gasteiger partial charge in [-0.3, -0.25) is 0 Å². The molecule has 24 heavy (non-hydrogen) atoms. The summed E-state index contributed by atoms with van der Waals surface area (Å²) in [7, 11) is 0. The lowest BCUT2D eigenvalue weighted by Gasteiger charge is -2.24. The number of rotatable bonds is 1. The zero-order valence-electron chi connectivity index (χ0n) is 15.5. The molecule has 0 aliphatic heterocycles. The minimum absolute atomic E-state index is 0.692. The van der Waals surface area contributed by atoms with E-state index in [1.165, 1.54) is 95.5 Å². The van der Waals surface area contributed by atoms with Crippen LogP contribution in [-0.4, -0.2) is 0 Å². The molecule has 1 saturated carbocycles. The van der Waals surface area contributed by atoms with Gasteiger partial charge in [0.15, 0.2) is 0 Å². The van der Waals surface area contributed by atoms with E-state index in [1.807, 2.05) is 0 Å². The highest BCUT2D eigenvalue weighted by atomic mass is 14.3. The van der Waals surface area contributed by atoms with Crippen LogP contribution in [0.15, 0.2) is 30.3 Å². The second-order valence-electron chi connectivity index (χ2n) is 8.09. The van der Waals surface area contributed by atoms with Crippen molar-refractivity contribution in [3.8, 4) is 0 Å². The second-order valence-corrected chi connectivity index (χ2v) is 8.09. The van der Waals surface area contributed by atoms with E-state index >= 15 is 0 Å². The second kappa shape index (κ2) is 10.1. The maximum absolute atomic E-state index is 2.50. The van der Waals surface area contributed by atoms with E-state index in [2.05, 4.69) is 36.4 Å². The molecule has 3 rings (SSSR count). The molecule has 1 unspecified atom stereocenters. The molecule has 0 radical (unpaired) electrons. The predicted octanol–water partition coefficient (Wildman–Crippen LogP) is 7.89. The van der Waals surface area contributed by atoms with Gasteiger partial charge in [0.1, 0.15) is 0 Å². The Labute approximate surface area is 149 Å². The summed E-state index contributed by atoms with van der Waals surface area (Å²) in [4.78, 5) is 0. The zero-order chi connectivity index (χ0) is 16.5. The summed E-state index contributed by atoms with van der Waals surface area (Å²) in [6, 6.07) is 9.07. The van der Waals surface area contributed by atoms with Crippen LogP contribution in [0.1, 0.15) is 107 Å². The first kappa shape index (κ1) is 17.8. The maximum atomic E-state index is 2.50. The third kappa shape index (κ3) is 5.23. The highest BCUT2D eigenvalue weighted by Crippen LogP contribution is 2.40. The Morgan fingerprint density at radius 2 is 1.08 bits per heavy atom. The molecule has 0 aromatic heterocycles. The average Bonchev–Trinajstić information content (AvgIpc) is 3.03. The summed E-state index contributed by atoms with van der Waals surface area (Å²) in [6.45, 7) is 0. The monoisotopic (exact) mass is 324 g/mol. The average molecular weight is 325 g/mol. The van der Waals surface area contributed by atoms with Gasteiger partial charge in [-0.25, -0.2) is 0 Å². The Kier molecular flexibility index (Phi) is 7.45. The van der Waals surface area contributed by atoms with E-state index < -0.39 is 0 Å². The molecule has 1 aromatic carbocycles. The highest BCUT2D eigenvalue weighted by molar-refractivity contribution is 5.62. The number of benzene rings is 1. The van der Waals surface area contributed by atoms with Crippen molar-refractivity contribution in [1.82, 2.24) is 0 Å². The van der Waals surface area contributed by atoms with Crippen molar-refractivity contribution in [2.75, 3.05) is 0 Å². The van der Waals surface area contributed by atoms with Crippen LogP contribution < -0.4 is 0 Å². The molecule has 2 aliphatic carbocycles. The third-order valence-corrected chi connectivity index (χ3v) is 6.25. The summed E-state index contributed by atoms with van der Waals surface area (Å²) in [5.41, 5.74) is 3.07. The zero-order valence-corrected chi connectivity index (χ0v) is 15.5. The van der Waals surface area contributed by atoms with Crippen molar-refractivity contribution < 1.29 is 0 Å². The van der Waals surface area contributed by atoms with Gasteiger partial charge in [0, 0.05) is 5.92 Å². The topological polar surface area (TPSA) is 0 Å². The Balaban J connectivity index is 1.58. The molecule has 0 N–H and O–H groups in total. The van der Waals surface area contributed by atoms with Gasteiger partial charge >= 0.3 is 0 Å². The molecular weight excluding hydrogens is 288 g/mol. The summed E-state index contributed by atoms with van der Waals surface area (Å²) in [5.74, 6) is 1.56. The van der Waals surface area contributed by atoms with Crippen molar-refractivity contribution >= 4 is 6.08 Å². The van der Waals surface area contributed by atoms with Gasteiger partial charge in [0.25, 0.3) is 0 Å². The van der Waals surface area contributed by atoms with E-state index in [9.17, 15) is 0 Å². The van der Waals surface area contributed by atoms with Gasteiger partial charge in [-0.2, -0.15) is 0 Å². The van der Waals surface area contributed by atoms with E-state index in [4.69, 9.17) is 0 Å². The molecule has 0 amide bonds. The minimum atomic E-state index is 0.692. The molecule has 1 aromatic rings. The van der Waals surface area contributed by atoms with E-state index in [0.29, 0.717) is 5.92 Å². The Hall–Kier alpha value is -1.04. The van der Waals surface area contributed by atoms with Crippen LogP contribution in [0.4, 0.5) is 0 Å². The maximum Gasteiger partial charge on any atom is 0.00555 e. The molecule has 0 spiro atoms. The van der Waals surface area contributed by atoms with Crippen LogP contribution >= 0.6 is 0 Å². The van der Waals surface area contributed by atoms with E-state index in [-0.39, 0.29) is 0 Å². The number of fused-ring (bicyclic) bond motifs is 1. The minimum Gasteiger partial charge on any atom is -0.0761 e. The van der Waals surface area contributed by atoms with Crippen molar-refractivity contribution in [3.63, 3.8) is 0 Å². The third-order valence-electron chi connectivity index (χ3n) is 6.25.